The standard InChI is InChI=1S/C24H28F3N7O4/c1-32(2)10-11-33(3)18-13-21(38-5)17(12-19(18)34(35)36)29-22-15(24(25,26)27)14-28-23(31-22)30-16-8-6-7-9-20(16)37-4/h6-9,12-14H,10-11H2,1-5H3,(H2,28,29,30,31). The average Bonchev–Trinajstić information content (AvgIpc) is 2.86. The number of nitrogens with one attached hydrogen (secondary N) is 2. The fourth-order valence-corrected chi connectivity index (χ4v) is 3.49. The van der Waals surface area contributed by atoms with Gasteiger partial charge in [-0.3, -0.25) is 10.1 Å². The lowest BCUT2D eigenvalue weighted by Crippen LogP contribution is -2.29. The predicted molar refractivity (Wildman–Crippen MR) is 138 cm³/mol. The highest BCUT2D eigenvalue weighted by Crippen LogP contribution is 2.41. The molecule has 3 aromatic rings. The molecule has 0 saturated carbocycles. The fourth-order valence-electron chi connectivity index (χ4n) is 3.49. The van der Waals surface area contributed by atoms with Crippen LogP contribution in [0.1, 0.15) is 5.56 Å². The van der Waals surface area contributed by atoms with E-state index >= 15 is 0 Å². The SMILES string of the molecule is COc1ccccc1Nc1ncc(C(F)(F)F)c(Nc2cc([N+](=O)[O-])c(N(C)CCN(C)C)cc2OC)n1. The van der Waals surface area contributed by atoms with Crippen LogP contribution in [0.2, 0.25) is 0 Å². The van der Waals surface area contributed by atoms with Crippen molar-refractivity contribution in [3.8, 4) is 11.5 Å². The lowest BCUT2D eigenvalue weighted by atomic mass is 10.2. The molecule has 0 unspecified atom stereocenters. The van der Waals surface area contributed by atoms with Crippen molar-refractivity contribution in [1.29, 1.82) is 0 Å². The molecule has 0 saturated heterocycles. The van der Waals surface area contributed by atoms with Crippen molar-refractivity contribution < 1.29 is 27.6 Å². The van der Waals surface area contributed by atoms with Crippen LogP contribution in [-0.2, 0) is 6.18 Å². The molecule has 0 bridgehead atoms. The van der Waals surface area contributed by atoms with Crippen LogP contribution in [-0.4, -0.2) is 68.2 Å². The lowest BCUT2D eigenvalue weighted by Gasteiger charge is -2.23. The van der Waals surface area contributed by atoms with Crippen molar-refractivity contribution >= 4 is 34.5 Å². The Balaban J connectivity index is 2.06. The van der Waals surface area contributed by atoms with Crippen LogP contribution in [0.15, 0.2) is 42.6 Å². The summed E-state index contributed by atoms with van der Waals surface area (Å²) in [6.45, 7) is 1.08. The van der Waals surface area contributed by atoms with Gasteiger partial charge in [-0.15, -0.1) is 0 Å². The lowest BCUT2D eigenvalue weighted by molar-refractivity contribution is -0.384. The number of aromatic nitrogens is 2. The molecule has 3 rings (SSSR count). The summed E-state index contributed by atoms with van der Waals surface area (Å²) in [5.41, 5.74) is -0.878. The molecule has 0 atom stereocenters. The number of nitro groups is 1. The Hall–Kier alpha value is -4.33. The van der Waals surface area contributed by atoms with E-state index in [4.69, 9.17) is 9.47 Å². The first-order valence-electron chi connectivity index (χ1n) is 11.3. The molecule has 1 aromatic heterocycles. The largest absolute Gasteiger partial charge is 0.495 e. The number of hydrogen-bond acceptors (Lipinski definition) is 10. The third-order valence-corrected chi connectivity index (χ3v) is 5.49. The van der Waals surface area contributed by atoms with Crippen LogP contribution in [0, 0.1) is 10.1 Å². The predicted octanol–water partition coefficient (Wildman–Crippen LogP) is 4.91. The second-order valence-electron chi connectivity index (χ2n) is 8.43. The van der Waals surface area contributed by atoms with Gasteiger partial charge in [0.1, 0.15) is 28.6 Å². The van der Waals surface area contributed by atoms with E-state index in [1.54, 1.807) is 36.2 Å². The van der Waals surface area contributed by atoms with Crippen LogP contribution in [0.3, 0.4) is 0 Å². The molecule has 0 aliphatic carbocycles. The monoisotopic (exact) mass is 535 g/mol. The first kappa shape index (κ1) is 28.2. The molecule has 1 heterocycles. The van der Waals surface area contributed by atoms with Crippen LogP contribution in [0.25, 0.3) is 0 Å². The minimum Gasteiger partial charge on any atom is -0.495 e. The van der Waals surface area contributed by atoms with E-state index in [1.807, 2.05) is 19.0 Å². The summed E-state index contributed by atoms with van der Waals surface area (Å²) < 4.78 is 52.1. The van der Waals surface area contributed by atoms with E-state index in [1.165, 1.54) is 20.3 Å². The molecule has 204 valence electrons. The minimum absolute atomic E-state index is 0.0728. The highest BCUT2D eigenvalue weighted by Gasteiger charge is 2.36. The highest BCUT2D eigenvalue weighted by atomic mass is 19.4. The van der Waals surface area contributed by atoms with Gasteiger partial charge < -0.3 is 29.9 Å². The number of alkyl halides is 3. The highest BCUT2D eigenvalue weighted by molar-refractivity contribution is 5.78. The zero-order valence-electron chi connectivity index (χ0n) is 21.5. The topological polar surface area (TPSA) is 118 Å². The summed E-state index contributed by atoms with van der Waals surface area (Å²) >= 11 is 0. The maximum Gasteiger partial charge on any atom is 0.421 e. The number of likely N-dealkylation sites (N-methyl/N-ethyl adjacent to an activating group) is 2. The molecular weight excluding hydrogens is 507 g/mol. The Labute approximate surface area is 217 Å². The van der Waals surface area contributed by atoms with Crippen LogP contribution in [0.5, 0.6) is 11.5 Å². The second kappa shape index (κ2) is 11.8. The van der Waals surface area contributed by atoms with Crippen molar-refractivity contribution in [1.82, 2.24) is 14.9 Å². The molecule has 38 heavy (non-hydrogen) atoms. The summed E-state index contributed by atoms with van der Waals surface area (Å²) in [5, 5.41) is 17.3. The maximum atomic E-state index is 13.8. The number of nitrogens with zero attached hydrogens (tertiary/aromatic N) is 5. The van der Waals surface area contributed by atoms with Gasteiger partial charge >= 0.3 is 6.18 Å². The number of methoxy groups -OCH3 is 2. The summed E-state index contributed by atoms with van der Waals surface area (Å²) in [6.07, 6.45) is -4.19. The van der Waals surface area contributed by atoms with Crippen LogP contribution >= 0.6 is 0 Å². The molecular formula is C24H28F3N7O4. The zero-order chi connectivity index (χ0) is 28.0. The van der Waals surface area contributed by atoms with Gasteiger partial charge in [-0.1, -0.05) is 12.1 Å². The number of anilines is 5. The maximum absolute atomic E-state index is 13.8. The molecule has 0 fully saturated rings. The van der Waals surface area contributed by atoms with E-state index in [-0.39, 0.29) is 28.8 Å². The third kappa shape index (κ3) is 6.70. The van der Waals surface area contributed by atoms with Crippen molar-refractivity contribution in [2.75, 3.05) is 64.0 Å². The average molecular weight is 536 g/mol. The fraction of sp³-hybridized carbons (Fsp3) is 0.333. The van der Waals surface area contributed by atoms with Gasteiger partial charge in [-0.25, -0.2) is 4.98 Å². The number of rotatable bonds is 11. The normalized spacial score (nSPS) is 11.3. The molecule has 11 nitrogen and oxygen atoms in total. The number of nitro benzene ring substituents is 1. The summed E-state index contributed by atoms with van der Waals surface area (Å²) in [5.74, 6) is -0.255. The zero-order valence-corrected chi connectivity index (χ0v) is 21.5. The van der Waals surface area contributed by atoms with Gasteiger partial charge in [0.05, 0.1) is 30.5 Å². The molecule has 2 aromatic carbocycles. The Morgan fingerprint density at radius 3 is 2.29 bits per heavy atom. The quantitative estimate of drug-likeness (QED) is 0.259. The van der Waals surface area contributed by atoms with Gasteiger partial charge in [0.15, 0.2) is 0 Å². The minimum atomic E-state index is -4.81. The Morgan fingerprint density at radius 2 is 1.68 bits per heavy atom. The summed E-state index contributed by atoms with van der Waals surface area (Å²) in [6, 6.07) is 9.26. The summed E-state index contributed by atoms with van der Waals surface area (Å²) in [4.78, 5) is 22.7. The van der Waals surface area contributed by atoms with Gasteiger partial charge in [0.2, 0.25) is 5.95 Å². The van der Waals surface area contributed by atoms with E-state index < -0.39 is 22.5 Å². The van der Waals surface area contributed by atoms with E-state index in [0.29, 0.717) is 30.7 Å². The molecule has 0 amide bonds. The van der Waals surface area contributed by atoms with Crippen LogP contribution < -0.4 is 25.0 Å². The third-order valence-electron chi connectivity index (χ3n) is 5.49. The number of para-hydroxylation sites is 2. The molecule has 2 N–H and O–H groups in total. The first-order chi connectivity index (χ1) is 17.9. The van der Waals surface area contributed by atoms with E-state index in [2.05, 4.69) is 20.6 Å². The molecule has 0 aliphatic rings. The second-order valence-corrected chi connectivity index (χ2v) is 8.43. The van der Waals surface area contributed by atoms with E-state index in [9.17, 15) is 23.3 Å². The van der Waals surface area contributed by atoms with Gasteiger partial charge in [-0.2, -0.15) is 18.2 Å². The van der Waals surface area contributed by atoms with Crippen molar-refractivity contribution in [2.24, 2.45) is 0 Å². The van der Waals surface area contributed by atoms with Crippen LogP contribution in [0.4, 0.5) is 47.7 Å². The van der Waals surface area contributed by atoms with Gasteiger partial charge in [-0.05, 0) is 26.2 Å². The first-order valence-corrected chi connectivity index (χ1v) is 11.3. The smallest absolute Gasteiger partial charge is 0.421 e. The number of ether oxygens (including phenoxy) is 2. The molecule has 0 spiro atoms. The Morgan fingerprint density at radius 1 is 1.00 bits per heavy atom. The van der Waals surface area contributed by atoms with Crippen molar-refractivity contribution in [3.63, 3.8) is 0 Å². The number of hydrogen-bond donors (Lipinski definition) is 2. The Kier molecular flexibility index (Phi) is 8.78. The van der Waals surface area contributed by atoms with E-state index in [0.717, 1.165) is 6.07 Å². The summed E-state index contributed by atoms with van der Waals surface area (Å²) in [7, 11) is 8.18. The van der Waals surface area contributed by atoms with Gasteiger partial charge in [0.25, 0.3) is 5.69 Å². The number of benzene rings is 2. The molecule has 14 heteroatoms. The van der Waals surface area contributed by atoms with Gasteiger partial charge in [0, 0.05) is 38.5 Å². The number of halogens is 3. The van der Waals surface area contributed by atoms with Crippen molar-refractivity contribution in [2.45, 2.75) is 6.18 Å². The van der Waals surface area contributed by atoms with Crippen molar-refractivity contribution in [3.05, 3.63) is 58.3 Å². The molecule has 0 aliphatic heterocycles. The Bertz CT molecular complexity index is 1290. The molecule has 0 radical (unpaired) electrons.